The number of benzene rings is 2. The summed E-state index contributed by atoms with van der Waals surface area (Å²) >= 11 is 0. The van der Waals surface area contributed by atoms with Crippen LogP contribution in [0.3, 0.4) is 0 Å². The lowest BCUT2D eigenvalue weighted by Crippen LogP contribution is -2.34. The van der Waals surface area contributed by atoms with E-state index in [1.54, 1.807) is 6.07 Å². The molecule has 1 saturated heterocycles. The first kappa shape index (κ1) is 17.9. The van der Waals surface area contributed by atoms with Crippen molar-refractivity contribution in [2.45, 2.75) is 32.2 Å². The van der Waals surface area contributed by atoms with Crippen LogP contribution in [0.15, 0.2) is 48.5 Å². The second-order valence-corrected chi connectivity index (χ2v) is 6.68. The normalized spacial score (nSPS) is 16.7. The molecule has 2 aromatic carbocycles. The molecule has 0 bridgehead atoms. The number of aryl methyl sites for hydroxylation is 2. The van der Waals surface area contributed by atoms with Gasteiger partial charge in [-0.05, 0) is 43.4 Å². The molecule has 136 valence electrons. The molecule has 1 amide bonds. The molecule has 2 aromatic rings. The minimum Gasteiger partial charge on any atom is -0.368 e. The lowest BCUT2D eigenvalue weighted by atomic mass is 10.1. The molecule has 26 heavy (non-hydrogen) atoms. The van der Waals surface area contributed by atoms with Crippen molar-refractivity contribution in [3.05, 3.63) is 69.8 Å². The number of nitrogens with zero attached hydrogens (tertiary/aromatic N) is 2. The summed E-state index contributed by atoms with van der Waals surface area (Å²) < 4.78 is 0. The Balaban J connectivity index is 1.57. The number of hydrogen-bond donors (Lipinski definition) is 1. The van der Waals surface area contributed by atoms with Crippen LogP contribution in [0.4, 0.5) is 11.4 Å². The van der Waals surface area contributed by atoms with Gasteiger partial charge in [-0.25, -0.2) is 0 Å². The fourth-order valence-electron chi connectivity index (χ4n) is 3.32. The zero-order chi connectivity index (χ0) is 18.5. The van der Waals surface area contributed by atoms with E-state index in [9.17, 15) is 14.9 Å². The number of amides is 1. The SMILES string of the molecule is Cc1ccc(NC2CCN(CCCc3ccccc3)C2=O)c([N+](=O)[O-])c1. The maximum Gasteiger partial charge on any atom is 0.292 e. The van der Waals surface area contributed by atoms with Gasteiger partial charge in [-0.15, -0.1) is 0 Å². The maximum absolute atomic E-state index is 12.6. The number of hydrogen-bond acceptors (Lipinski definition) is 4. The molecule has 1 unspecified atom stereocenters. The smallest absolute Gasteiger partial charge is 0.292 e. The quantitative estimate of drug-likeness (QED) is 0.610. The number of carbonyl (C=O) groups is 1. The number of carbonyl (C=O) groups excluding carboxylic acids is 1. The Labute approximate surface area is 153 Å². The topological polar surface area (TPSA) is 75.5 Å². The molecule has 1 aliphatic heterocycles. The highest BCUT2D eigenvalue weighted by Gasteiger charge is 2.32. The van der Waals surface area contributed by atoms with Crippen molar-refractivity contribution in [3.8, 4) is 0 Å². The molecule has 1 heterocycles. The number of nitrogens with one attached hydrogen (secondary N) is 1. The van der Waals surface area contributed by atoms with Crippen LogP contribution in [-0.4, -0.2) is 34.9 Å². The summed E-state index contributed by atoms with van der Waals surface area (Å²) in [4.78, 5) is 25.3. The molecular formula is C20H23N3O3. The van der Waals surface area contributed by atoms with E-state index >= 15 is 0 Å². The van der Waals surface area contributed by atoms with Gasteiger partial charge in [0, 0.05) is 19.2 Å². The zero-order valence-electron chi connectivity index (χ0n) is 14.9. The number of nitro groups is 1. The summed E-state index contributed by atoms with van der Waals surface area (Å²) in [5.74, 6) is 0.0212. The molecule has 3 rings (SSSR count). The van der Waals surface area contributed by atoms with Gasteiger partial charge < -0.3 is 10.2 Å². The molecule has 0 spiro atoms. The highest BCUT2D eigenvalue weighted by molar-refractivity contribution is 5.87. The highest BCUT2D eigenvalue weighted by atomic mass is 16.6. The van der Waals surface area contributed by atoms with E-state index in [-0.39, 0.29) is 11.6 Å². The van der Waals surface area contributed by atoms with E-state index in [0.29, 0.717) is 25.2 Å². The van der Waals surface area contributed by atoms with Gasteiger partial charge >= 0.3 is 0 Å². The van der Waals surface area contributed by atoms with E-state index in [1.165, 1.54) is 11.6 Å². The summed E-state index contributed by atoms with van der Waals surface area (Å²) in [6, 6.07) is 14.8. The van der Waals surface area contributed by atoms with Gasteiger partial charge in [-0.3, -0.25) is 14.9 Å². The molecule has 0 saturated carbocycles. The molecule has 6 heteroatoms. The van der Waals surface area contributed by atoms with Crippen LogP contribution < -0.4 is 5.32 Å². The van der Waals surface area contributed by atoms with Crippen LogP contribution >= 0.6 is 0 Å². The zero-order valence-corrected chi connectivity index (χ0v) is 14.9. The molecule has 1 fully saturated rings. The standard InChI is InChI=1S/C20H23N3O3/c1-15-9-10-17(19(14-15)23(25)26)21-18-11-13-22(20(18)24)12-5-8-16-6-3-2-4-7-16/h2-4,6-7,9-10,14,18,21H,5,8,11-13H2,1H3. The minimum absolute atomic E-state index is 0.0142. The van der Waals surface area contributed by atoms with Gasteiger partial charge in [0.1, 0.15) is 11.7 Å². The first-order chi connectivity index (χ1) is 12.5. The second-order valence-electron chi connectivity index (χ2n) is 6.68. The van der Waals surface area contributed by atoms with Crippen LogP contribution in [0.5, 0.6) is 0 Å². The van der Waals surface area contributed by atoms with Gasteiger partial charge in [-0.1, -0.05) is 36.4 Å². The highest BCUT2D eigenvalue weighted by Crippen LogP contribution is 2.28. The minimum atomic E-state index is -0.410. The lowest BCUT2D eigenvalue weighted by molar-refractivity contribution is -0.384. The predicted octanol–water partition coefficient (Wildman–Crippen LogP) is 3.55. The van der Waals surface area contributed by atoms with Gasteiger partial charge in [0.15, 0.2) is 0 Å². The van der Waals surface area contributed by atoms with E-state index in [0.717, 1.165) is 18.4 Å². The van der Waals surface area contributed by atoms with E-state index in [4.69, 9.17) is 0 Å². The van der Waals surface area contributed by atoms with Gasteiger partial charge in [0.25, 0.3) is 5.69 Å². The van der Waals surface area contributed by atoms with Gasteiger partial charge in [0.2, 0.25) is 5.91 Å². The Morgan fingerprint density at radius 3 is 2.73 bits per heavy atom. The number of anilines is 1. The molecule has 6 nitrogen and oxygen atoms in total. The lowest BCUT2D eigenvalue weighted by Gasteiger charge is -2.17. The third-order valence-electron chi connectivity index (χ3n) is 4.71. The molecular weight excluding hydrogens is 330 g/mol. The summed E-state index contributed by atoms with van der Waals surface area (Å²) in [6.07, 6.45) is 2.51. The number of likely N-dealkylation sites (tertiary alicyclic amines) is 1. The second kappa shape index (κ2) is 7.99. The van der Waals surface area contributed by atoms with E-state index < -0.39 is 11.0 Å². The monoisotopic (exact) mass is 353 g/mol. The molecule has 0 aliphatic carbocycles. The van der Waals surface area contributed by atoms with Crippen molar-refractivity contribution in [1.29, 1.82) is 0 Å². The summed E-state index contributed by atoms with van der Waals surface area (Å²) in [5, 5.41) is 14.3. The average molecular weight is 353 g/mol. The van der Waals surface area contributed by atoms with Crippen LogP contribution in [0.25, 0.3) is 0 Å². The van der Waals surface area contributed by atoms with Crippen LogP contribution in [-0.2, 0) is 11.2 Å². The largest absolute Gasteiger partial charge is 0.368 e. The Morgan fingerprint density at radius 2 is 2.00 bits per heavy atom. The Morgan fingerprint density at radius 1 is 1.23 bits per heavy atom. The van der Waals surface area contributed by atoms with Crippen molar-refractivity contribution in [3.63, 3.8) is 0 Å². The summed E-state index contributed by atoms with van der Waals surface area (Å²) in [6.45, 7) is 3.21. The van der Waals surface area contributed by atoms with E-state index in [2.05, 4.69) is 17.4 Å². The third kappa shape index (κ3) is 4.20. The Bertz CT molecular complexity index is 792. The number of nitro benzene ring substituents is 1. The van der Waals surface area contributed by atoms with Crippen LogP contribution in [0, 0.1) is 17.0 Å². The van der Waals surface area contributed by atoms with E-state index in [1.807, 2.05) is 36.1 Å². The predicted molar refractivity (Wildman–Crippen MR) is 101 cm³/mol. The Kier molecular flexibility index (Phi) is 5.51. The van der Waals surface area contributed by atoms with Crippen molar-refractivity contribution in [2.75, 3.05) is 18.4 Å². The van der Waals surface area contributed by atoms with Crippen molar-refractivity contribution in [1.82, 2.24) is 4.90 Å². The summed E-state index contributed by atoms with van der Waals surface area (Å²) in [7, 11) is 0. The molecule has 1 N–H and O–H groups in total. The molecule has 0 radical (unpaired) electrons. The molecule has 1 atom stereocenters. The summed E-state index contributed by atoms with van der Waals surface area (Å²) in [5.41, 5.74) is 2.51. The first-order valence-electron chi connectivity index (χ1n) is 8.89. The van der Waals surface area contributed by atoms with Crippen molar-refractivity contribution >= 4 is 17.3 Å². The van der Waals surface area contributed by atoms with Crippen molar-refractivity contribution < 1.29 is 9.72 Å². The first-order valence-corrected chi connectivity index (χ1v) is 8.89. The fraction of sp³-hybridized carbons (Fsp3) is 0.350. The number of rotatable bonds is 7. The Hall–Kier alpha value is -2.89. The molecule has 0 aromatic heterocycles. The molecule has 1 aliphatic rings. The van der Waals surface area contributed by atoms with Gasteiger partial charge in [-0.2, -0.15) is 0 Å². The van der Waals surface area contributed by atoms with Gasteiger partial charge in [0.05, 0.1) is 4.92 Å². The third-order valence-corrected chi connectivity index (χ3v) is 4.71. The fourth-order valence-corrected chi connectivity index (χ4v) is 3.32. The average Bonchev–Trinajstić information content (AvgIpc) is 2.97. The van der Waals surface area contributed by atoms with Crippen LogP contribution in [0.2, 0.25) is 0 Å². The van der Waals surface area contributed by atoms with Crippen molar-refractivity contribution in [2.24, 2.45) is 0 Å². The maximum atomic E-state index is 12.6. The van der Waals surface area contributed by atoms with Crippen LogP contribution in [0.1, 0.15) is 24.0 Å².